The maximum atomic E-state index is 4.01. The van der Waals surface area contributed by atoms with E-state index < -0.39 is 0 Å². The standard InChI is InChI=1S/C14H15N/c1-2-5-13(6-3-1)7-4-8-14-9-11-15-12-10-14/h1-3,5-6,9-12H,4,7-8H2. The van der Waals surface area contributed by atoms with Gasteiger partial charge >= 0.3 is 0 Å². The van der Waals surface area contributed by atoms with Gasteiger partial charge in [-0.3, -0.25) is 4.98 Å². The smallest absolute Gasteiger partial charge is 0.0270 e. The van der Waals surface area contributed by atoms with Crippen molar-refractivity contribution in [2.24, 2.45) is 0 Å². The van der Waals surface area contributed by atoms with Crippen LogP contribution < -0.4 is 0 Å². The normalized spacial score (nSPS) is 10.1. The minimum absolute atomic E-state index is 1.14. The lowest BCUT2D eigenvalue weighted by Gasteiger charge is -2.01. The molecule has 0 fully saturated rings. The summed E-state index contributed by atoms with van der Waals surface area (Å²) in [6.07, 6.45) is 7.21. The zero-order valence-corrected chi connectivity index (χ0v) is 8.76. The maximum absolute atomic E-state index is 4.01. The predicted molar refractivity (Wildman–Crippen MR) is 62.7 cm³/mol. The summed E-state index contributed by atoms with van der Waals surface area (Å²) in [6.45, 7) is 0. The zero-order valence-electron chi connectivity index (χ0n) is 8.76. The van der Waals surface area contributed by atoms with Gasteiger partial charge in [0, 0.05) is 12.4 Å². The zero-order chi connectivity index (χ0) is 10.3. The Labute approximate surface area is 90.8 Å². The lowest BCUT2D eigenvalue weighted by Crippen LogP contribution is -1.89. The highest BCUT2D eigenvalue weighted by Gasteiger charge is 1.94. The van der Waals surface area contributed by atoms with Gasteiger partial charge in [-0.05, 0) is 42.5 Å². The van der Waals surface area contributed by atoms with E-state index in [2.05, 4.69) is 47.4 Å². The second-order valence-corrected chi connectivity index (χ2v) is 3.69. The number of hydrogen-bond acceptors (Lipinski definition) is 1. The average molecular weight is 197 g/mol. The van der Waals surface area contributed by atoms with E-state index in [0.717, 1.165) is 12.8 Å². The molecule has 1 aromatic heterocycles. The fourth-order valence-corrected chi connectivity index (χ4v) is 1.69. The van der Waals surface area contributed by atoms with Crippen molar-refractivity contribution in [3.63, 3.8) is 0 Å². The molecule has 2 rings (SSSR count). The van der Waals surface area contributed by atoms with Crippen molar-refractivity contribution in [2.75, 3.05) is 0 Å². The molecule has 0 saturated carbocycles. The van der Waals surface area contributed by atoms with Gasteiger partial charge in [-0.1, -0.05) is 30.3 Å². The van der Waals surface area contributed by atoms with Gasteiger partial charge in [-0.2, -0.15) is 0 Å². The molecule has 0 N–H and O–H groups in total. The molecule has 1 heterocycles. The van der Waals surface area contributed by atoms with Gasteiger partial charge in [0.15, 0.2) is 0 Å². The molecule has 0 aliphatic carbocycles. The van der Waals surface area contributed by atoms with Crippen LogP contribution in [0, 0.1) is 0 Å². The van der Waals surface area contributed by atoms with Crippen LogP contribution in [0.1, 0.15) is 17.5 Å². The Balaban J connectivity index is 1.81. The first-order valence-corrected chi connectivity index (χ1v) is 5.38. The van der Waals surface area contributed by atoms with Crippen LogP contribution in [0.15, 0.2) is 54.9 Å². The highest BCUT2D eigenvalue weighted by molar-refractivity contribution is 5.15. The molecule has 15 heavy (non-hydrogen) atoms. The van der Waals surface area contributed by atoms with Gasteiger partial charge in [0.25, 0.3) is 0 Å². The highest BCUT2D eigenvalue weighted by Crippen LogP contribution is 2.06. The van der Waals surface area contributed by atoms with E-state index in [1.54, 1.807) is 0 Å². The van der Waals surface area contributed by atoms with Crippen LogP contribution >= 0.6 is 0 Å². The lowest BCUT2D eigenvalue weighted by atomic mass is 10.1. The Morgan fingerprint density at radius 1 is 0.733 bits per heavy atom. The minimum Gasteiger partial charge on any atom is -0.265 e. The number of rotatable bonds is 4. The number of nitrogens with zero attached hydrogens (tertiary/aromatic N) is 1. The van der Waals surface area contributed by atoms with Crippen molar-refractivity contribution < 1.29 is 0 Å². The Morgan fingerprint density at radius 3 is 2.00 bits per heavy atom. The Kier molecular flexibility index (Phi) is 3.50. The number of aryl methyl sites for hydroxylation is 2. The van der Waals surface area contributed by atoms with Gasteiger partial charge in [0.05, 0.1) is 0 Å². The number of aromatic nitrogens is 1. The summed E-state index contributed by atoms with van der Waals surface area (Å²) in [5, 5.41) is 0. The molecule has 0 aliphatic heterocycles. The third kappa shape index (κ3) is 3.21. The van der Waals surface area contributed by atoms with Crippen LogP contribution in [0.4, 0.5) is 0 Å². The summed E-state index contributed by atoms with van der Waals surface area (Å²) in [5.74, 6) is 0. The van der Waals surface area contributed by atoms with Crippen molar-refractivity contribution in [2.45, 2.75) is 19.3 Å². The molecular formula is C14H15N. The van der Waals surface area contributed by atoms with Crippen molar-refractivity contribution >= 4 is 0 Å². The van der Waals surface area contributed by atoms with Gasteiger partial charge < -0.3 is 0 Å². The van der Waals surface area contributed by atoms with Crippen LogP contribution in [0.25, 0.3) is 0 Å². The summed E-state index contributed by atoms with van der Waals surface area (Å²) >= 11 is 0. The van der Waals surface area contributed by atoms with E-state index in [4.69, 9.17) is 0 Å². The summed E-state index contributed by atoms with van der Waals surface area (Å²) in [6, 6.07) is 14.8. The third-order valence-corrected chi connectivity index (χ3v) is 2.52. The van der Waals surface area contributed by atoms with Gasteiger partial charge in [0.1, 0.15) is 0 Å². The largest absolute Gasteiger partial charge is 0.265 e. The fraction of sp³-hybridized carbons (Fsp3) is 0.214. The first-order valence-electron chi connectivity index (χ1n) is 5.38. The topological polar surface area (TPSA) is 12.9 Å². The minimum atomic E-state index is 1.14. The highest BCUT2D eigenvalue weighted by atomic mass is 14.6. The molecule has 0 bridgehead atoms. The number of benzene rings is 1. The molecule has 2 aromatic rings. The molecule has 0 aliphatic rings. The monoisotopic (exact) mass is 197 g/mol. The fourth-order valence-electron chi connectivity index (χ4n) is 1.69. The molecular weight excluding hydrogens is 182 g/mol. The maximum Gasteiger partial charge on any atom is 0.0270 e. The first kappa shape index (κ1) is 9.91. The van der Waals surface area contributed by atoms with Crippen molar-refractivity contribution in [3.05, 3.63) is 66.0 Å². The van der Waals surface area contributed by atoms with Crippen molar-refractivity contribution in [1.82, 2.24) is 4.98 Å². The third-order valence-electron chi connectivity index (χ3n) is 2.52. The molecule has 0 atom stereocenters. The SMILES string of the molecule is c1ccc(CCCc2ccncc2)cc1. The van der Waals surface area contributed by atoms with E-state index in [1.165, 1.54) is 17.5 Å². The first-order chi connectivity index (χ1) is 7.45. The van der Waals surface area contributed by atoms with Crippen molar-refractivity contribution in [3.8, 4) is 0 Å². The quantitative estimate of drug-likeness (QED) is 0.733. The van der Waals surface area contributed by atoms with E-state index in [0.29, 0.717) is 0 Å². The summed E-state index contributed by atoms with van der Waals surface area (Å²) in [4.78, 5) is 4.01. The van der Waals surface area contributed by atoms with Crippen LogP contribution in [0.3, 0.4) is 0 Å². The molecule has 0 spiro atoms. The van der Waals surface area contributed by atoms with Crippen LogP contribution in [-0.4, -0.2) is 4.98 Å². The molecule has 0 saturated heterocycles. The van der Waals surface area contributed by atoms with Gasteiger partial charge in [0.2, 0.25) is 0 Å². The van der Waals surface area contributed by atoms with Crippen molar-refractivity contribution in [1.29, 1.82) is 0 Å². The Bertz CT molecular complexity index is 341. The van der Waals surface area contributed by atoms with E-state index in [1.807, 2.05) is 12.4 Å². The number of hydrogen-bond donors (Lipinski definition) is 0. The van der Waals surface area contributed by atoms with E-state index in [9.17, 15) is 0 Å². The van der Waals surface area contributed by atoms with Gasteiger partial charge in [-0.15, -0.1) is 0 Å². The summed E-state index contributed by atoms with van der Waals surface area (Å²) in [7, 11) is 0. The molecule has 1 heteroatoms. The molecule has 0 amide bonds. The van der Waals surface area contributed by atoms with E-state index in [-0.39, 0.29) is 0 Å². The molecule has 1 nitrogen and oxygen atoms in total. The van der Waals surface area contributed by atoms with Crippen LogP contribution in [-0.2, 0) is 12.8 Å². The second kappa shape index (κ2) is 5.30. The van der Waals surface area contributed by atoms with Crippen LogP contribution in [0.2, 0.25) is 0 Å². The summed E-state index contributed by atoms with van der Waals surface area (Å²) < 4.78 is 0. The molecule has 0 unspecified atom stereocenters. The Hall–Kier alpha value is -1.63. The lowest BCUT2D eigenvalue weighted by molar-refractivity contribution is 0.819. The second-order valence-electron chi connectivity index (χ2n) is 3.69. The van der Waals surface area contributed by atoms with Gasteiger partial charge in [-0.25, -0.2) is 0 Å². The summed E-state index contributed by atoms with van der Waals surface area (Å²) in [5.41, 5.74) is 2.80. The predicted octanol–water partition coefficient (Wildman–Crippen LogP) is 3.26. The van der Waals surface area contributed by atoms with E-state index >= 15 is 0 Å². The number of pyridine rings is 1. The van der Waals surface area contributed by atoms with Crippen LogP contribution in [0.5, 0.6) is 0 Å². The molecule has 1 aromatic carbocycles. The molecule has 0 radical (unpaired) electrons. The average Bonchev–Trinajstić information content (AvgIpc) is 2.32. The Morgan fingerprint density at radius 2 is 1.33 bits per heavy atom. The molecule has 76 valence electrons.